The number of carboxylic acid groups (broad SMARTS) is 1. The van der Waals surface area contributed by atoms with Gasteiger partial charge in [-0.2, -0.15) is 0 Å². The lowest BCUT2D eigenvalue weighted by atomic mass is 9.98. The minimum atomic E-state index is -1.10. The SMILES string of the molecule is CO[C@H](CF)CN(CCCCc1ccc2c(n1)NCCC2)CC[C@H](NC(=O)C1(c2nccnc2C)CC1)C(=O)O. The molecule has 0 radical (unpaired) electrons. The summed E-state index contributed by atoms with van der Waals surface area (Å²) in [6, 6.07) is 3.17. The first kappa shape index (κ1) is 29.8. The quantitative estimate of drug-likeness (QED) is 0.267. The van der Waals surface area contributed by atoms with E-state index in [0.717, 1.165) is 50.2 Å². The van der Waals surface area contributed by atoms with Crippen molar-refractivity contribution in [3.8, 4) is 0 Å². The van der Waals surface area contributed by atoms with Crippen LogP contribution < -0.4 is 10.6 Å². The predicted molar refractivity (Wildman–Crippen MR) is 149 cm³/mol. The molecule has 10 nitrogen and oxygen atoms in total. The maximum Gasteiger partial charge on any atom is 0.326 e. The second-order valence-corrected chi connectivity index (χ2v) is 10.8. The molecule has 218 valence electrons. The van der Waals surface area contributed by atoms with Crippen LogP contribution in [0.2, 0.25) is 0 Å². The van der Waals surface area contributed by atoms with Gasteiger partial charge in [-0.3, -0.25) is 14.8 Å². The molecule has 0 spiro atoms. The van der Waals surface area contributed by atoms with E-state index in [1.165, 1.54) is 12.7 Å². The van der Waals surface area contributed by atoms with Crippen molar-refractivity contribution >= 4 is 17.7 Å². The summed E-state index contributed by atoms with van der Waals surface area (Å²) in [6.45, 7) is 3.51. The van der Waals surface area contributed by atoms with E-state index in [2.05, 4.69) is 32.7 Å². The number of unbranched alkanes of at least 4 members (excludes halogenated alkanes) is 1. The highest BCUT2D eigenvalue weighted by molar-refractivity contribution is 5.93. The molecule has 1 saturated carbocycles. The van der Waals surface area contributed by atoms with Crippen molar-refractivity contribution in [1.29, 1.82) is 0 Å². The number of carboxylic acids is 1. The lowest BCUT2D eigenvalue weighted by Crippen LogP contribution is -2.48. The largest absolute Gasteiger partial charge is 0.480 e. The van der Waals surface area contributed by atoms with E-state index in [-0.39, 0.29) is 12.3 Å². The Bertz CT molecular complexity index is 1160. The third-order valence-electron chi connectivity index (χ3n) is 7.93. The number of alkyl halides is 1. The van der Waals surface area contributed by atoms with Gasteiger partial charge in [0.15, 0.2) is 0 Å². The lowest BCUT2D eigenvalue weighted by Gasteiger charge is -2.27. The molecule has 1 aliphatic carbocycles. The Morgan fingerprint density at radius 3 is 2.73 bits per heavy atom. The number of methoxy groups -OCH3 is 1. The molecule has 40 heavy (non-hydrogen) atoms. The number of fused-ring (bicyclic) bond motifs is 1. The van der Waals surface area contributed by atoms with Crippen LogP contribution in [0.15, 0.2) is 24.5 Å². The maximum absolute atomic E-state index is 13.5. The highest BCUT2D eigenvalue weighted by Gasteiger charge is 2.54. The summed E-state index contributed by atoms with van der Waals surface area (Å²) >= 11 is 0. The second-order valence-electron chi connectivity index (χ2n) is 10.8. The summed E-state index contributed by atoms with van der Waals surface area (Å²) in [6.07, 6.45) is 8.69. The van der Waals surface area contributed by atoms with Gasteiger partial charge in [0.2, 0.25) is 5.91 Å². The number of carbonyl (C=O) groups is 2. The smallest absolute Gasteiger partial charge is 0.326 e. The Balaban J connectivity index is 1.32. The number of aliphatic carboxylic acids is 1. The minimum Gasteiger partial charge on any atom is -0.480 e. The number of aryl methyl sites for hydroxylation is 3. The van der Waals surface area contributed by atoms with Crippen molar-refractivity contribution in [1.82, 2.24) is 25.2 Å². The van der Waals surface area contributed by atoms with Crippen LogP contribution in [0.3, 0.4) is 0 Å². The monoisotopic (exact) mass is 556 g/mol. The lowest BCUT2D eigenvalue weighted by molar-refractivity contribution is -0.142. The summed E-state index contributed by atoms with van der Waals surface area (Å²) < 4.78 is 18.7. The number of ether oxygens (including phenoxy) is 1. The standard InChI is InChI=1S/C29H41FN6O4/c1-20-25(32-15-14-31-20)29(11-12-29)28(39)35-24(27(37)38)10-17-36(19-23(18-30)40-2)16-4-3-7-22-9-8-21-6-5-13-33-26(21)34-22/h8-9,14-15,23-24H,3-7,10-13,16-19H2,1-2H3,(H,33,34)(H,35,39)(H,37,38)/t23-,24+/m1/s1. The molecule has 0 unspecified atom stereocenters. The van der Waals surface area contributed by atoms with Crippen LogP contribution in [-0.2, 0) is 32.6 Å². The van der Waals surface area contributed by atoms with Crippen molar-refractivity contribution in [3.63, 3.8) is 0 Å². The molecule has 0 saturated heterocycles. The summed E-state index contributed by atoms with van der Waals surface area (Å²) in [5.74, 6) is -0.443. The Hall–Kier alpha value is -3.18. The van der Waals surface area contributed by atoms with E-state index in [0.29, 0.717) is 43.9 Å². The van der Waals surface area contributed by atoms with Gasteiger partial charge in [0.05, 0.1) is 22.9 Å². The van der Waals surface area contributed by atoms with Crippen LogP contribution in [-0.4, -0.2) is 88.9 Å². The Kier molecular flexibility index (Phi) is 10.4. The van der Waals surface area contributed by atoms with Gasteiger partial charge < -0.3 is 25.4 Å². The number of anilines is 1. The molecule has 2 aromatic heterocycles. The number of hydrogen-bond donors (Lipinski definition) is 3. The average Bonchev–Trinajstić information content (AvgIpc) is 3.77. The van der Waals surface area contributed by atoms with E-state index >= 15 is 0 Å². The van der Waals surface area contributed by atoms with Crippen molar-refractivity contribution in [2.45, 2.75) is 75.9 Å². The number of pyridine rings is 1. The van der Waals surface area contributed by atoms with Gasteiger partial charge in [-0.1, -0.05) is 6.07 Å². The summed E-state index contributed by atoms with van der Waals surface area (Å²) in [5.41, 5.74) is 2.76. The second kappa shape index (κ2) is 13.9. The molecule has 0 bridgehead atoms. The molecule has 2 aliphatic rings. The van der Waals surface area contributed by atoms with E-state index < -0.39 is 30.2 Å². The molecule has 1 aliphatic heterocycles. The molecule has 1 fully saturated rings. The van der Waals surface area contributed by atoms with Crippen molar-refractivity contribution in [2.75, 3.05) is 45.3 Å². The number of nitrogens with one attached hydrogen (secondary N) is 2. The molecule has 3 heterocycles. The van der Waals surface area contributed by atoms with Crippen molar-refractivity contribution in [2.24, 2.45) is 0 Å². The van der Waals surface area contributed by atoms with Gasteiger partial charge in [0, 0.05) is 44.8 Å². The highest BCUT2D eigenvalue weighted by atomic mass is 19.1. The van der Waals surface area contributed by atoms with Gasteiger partial charge in [0.1, 0.15) is 18.5 Å². The zero-order valence-electron chi connectivity index (χ0n) is 23.5. The van der Waals surface area contributed by atoms with E-state index in [1.54, 1.807) is 19.3 Å². The zero-order valence-corrected chi connectivity index (χ0v) is 23.5. The summed E-state index contributed by atoms with van der Waals surface area (Å²) in [4.78, 5) is 40.7. The predicted octanol–water partition coefficient (Wildman–Crippen LogP) is 2.84. The Labute approximate surface area is 235 Å². The van der Waals surface area contributed by atoms with Gasteiger partial charge >= 0.3 is 5.97 Å². The van der Waals surface area contributed by atoms with E-state index in [1.807, 2.05) is 4.90 Å². The fourth-order valence-corrected chi connectivity index (χ4v) is 5.36. The number of nitrogens with zero attached hydrogens (tertiary/aromatic N) is 4. The molecule has 4 rings (SSSR count). The number of carbonyl (C=O) groups excluding carboxylic acids is 1. The molecular weight excluding hydrogens is 515 g/mol. The van der Waals surface area contributed by atoms with E-state index in [9.17, 15) is 19.1 Å². The van der Waals surface area contributed by atoms with Gasteiger partial charge in [-0.15, -0.1) is 0 Å². The average molecular weight is 557 g/mol. The van der Waals surface area contributed by atoms with Crippen LogP contribution in [0.5, 0.6) is 0 Å². The van der Waals surface area contributed by atoms with Crippen LogP contribution in [0, 0.1) is 6.92 Å². The zero-order chi connectivity index (χ0) is 28.5. The van der Waals surface area contributed by atoms with Crippen LogP contribution in [0.4, 0.5) is 10.2 Å². The first-order chi connectivity index (χ1) is 19.4. The fraction of sp³-hybridized carbons (Fsp3) is 0.621. The molecule has 1 amide bonds. The van der Waals surface area contributed by atoms with Gasteiger partial charge in [-0.25, -0.2) is 14.2 Å². The Morgan fingerprint density at radius 1 is 1.23 bits per heavy atom. The maximum atomic E-state index is 13.5. The summed E-state index contributed by atoms with van der Waals surface area (Å²) in [7, 11) is 1.47. The minimum absolute atomic E-state index is 0.192. The Morgan fingerprint density at radius 2 is 2.02 bits per heavy atom. The van der Waals surface area contributed by atoms with Crippen molar-refractivity contribution < 1.29 is 23.8 Å². The number of rotatable bonds is 16. The number of aromatic nitrogens is 3. The molecule has 3 N–H and O–H groups in total. The third kappa shape index (κ3) is 7.51. The van der Waals surface area contributed by atoms with Crippen LogP contribution in [0.1, 0.15) is 61.2 Å². The molecular formula is C29H41FN6O4. The van der Waals surface area contributed by atoms with Gasteiger partial charge in [-0.05, 0) is 76.5 Å². The summed E-state index contributed by atoms with van der Waals surface area (Å²) in [5, 5.41) is 16.0. The van der Waals surface area contributed by atoms with E-state index in [4.69, 9.17) is 9.72 Å². The van der Waals surface area contributed by atoms with Crippen LogP contribution >= 0.6 is 0 Å². The third-order valence-corrected chi connectivity index (χ3v) is 7.93. The molecule has 0 aromatic carbocycles. The van der Waals surface area contributed by atoms with Crippen molar-refractivity contribution in [3.05, 3.63) is 47.2 Å². The van der Waals surface area contributed by atoms with Gasteiger partial charge in [0.25, 0.3) is 0 Å². The molecule has 2 aromatic rings. The number of amides is 1. The fourth-order valence-electron chi connectivity index (χ4n) is 5.36. The topological polar surface area (TPSA) is 130 Å². The normalized spacial score (nSPS) is 17.0. The number of hydrogen-bond acceptors (Lipinski definition) is 8. The molecule has 11 heteroatoms. The first-order valence-corrected chi connectivity index (χ1v) is 14.2. The highest BCUT2D eigenvalue weighted by Crippen LogP contribution is 2.48. The molecule has 2 atom stereocenters. The van der Waals surface area contributed by atoms with Crippen LogP contribution in [0.25, 0.3) is 0 Å². The first-order valence-electron chi connectivity index (χ1n) is 14.2. The number of halogens is 1.